The van der Waals surface area contributed by atoms with Crippen molar-refractivity contribution >= 4 is 23.4 Å². The topological polar surface area (TPSA) is 82.9 Å². The zero-order valence-corrected chi connectivity index (χ0v) is 16.9. The standard InChI is InChI=1S/C22H23N3O4/c1-21(2)15-8-5-6-9-16(15)24(4)17(21)12-14(26)13-25-19(27)22(3,23-20(25)28)18-10-7-11-29-18/h5-12H,13H2,1-4H3,(H,23,28)/b17-12-. The maximum atomic E-state index is 12.9. The zero-order valence-electron chi connectivity index (χ0n) is 16.9. The lowest BCUT2D eigenvalue weighted by Gasteiger charge is -2.24. The van der Waals surface area contributed by atoms with Crippen LogP contribution in [0.3, 0.4) is 0 Å². The van der Waals surface area contributed by atoms with Crippen molar-refractivity contribution in [1.29, 1.82) is 0 Å². The lowest BCUT2D eigenvalue weighted by molar-refractivity contribution is -0.133. The molecule has 0 radical (unpaired) electrons. The molecule has 150 valence electrons. The van der Waals surface area contributed by atoms with Gasteiger partial charge in [0.05, 0.1) is 12.8 Å². The van der Waals surface area contributed by atoms with Gasteiger partial charge in [0, 0.05) is 29.9 Å². The minimum Gasteiger partial charge on any atom is -0.466 e. The molecule has 2 aliphatic rings. The Balaban J connectivity index is 1.58. The number of para-hydroxylation sites is 1. The summed E-state index contributed by atoms with van der Waals surface area (Å²) in [7, 11) is 1.91. The third-order valence-corrected chi connectivity index (χ3v) is 5.84. The molecule has 1 atom stereocenters. The van der Waals surface area contributed by atoms with Gasteiger partial charge in [0.15, 0.2) is 11.3 Å². The molecule has 0 bridgehead atoms. The van der Waals surface area contributed by atoms with E-state index in [1.165, 1.54) is 12.3 Å². The van der Waals surface area contributed by atoms with Crippen molar-refractivity contribution in [1.82, 2.24) is 10.2 Å². The number of rotatable bonds is 4. The number of furan rings is 1. The molecule has 7 heteroatoms. The third-order valence-electron chi connectivity index (χ3n) is 5.84. The van der Waals surface area contributed by atoms with Crippen LogP contribution in [0.1, 0.15) is 32.1 Å². The first-order valence-electron chi connectivity index (χ1n) is 9.42. The average Bonchev–Trinajstić information content (AvgIpc) is 3.34. The van der Waals surface area contributed by atoms with Gasteiger partial charge in [-0.05, 0) is 30.7 Å². The van der Waals surface area contributed by atoms with Crippen molar-refractivity contribution in [3.63, 3.8) is 0 Å². The van der Waals surface area contributed by atoms with E-state index < -0.39 is 17.5 Å². The molecular weight excluding hydrogens is 370 g/mol. The van der Waals surface area contributed by atoms with Crippen LogP contribution in [-0.4, -0.2) is 36.2 Å². The van der Waals surface area contributed by atoms with E-state index in [9.17, 15) is 14.4 Å². The fraction of sp³-hybridized carbons (Fsp3) is 0.318. The van der Waals surface area contributed by atoms with Crippen LogP contribution in [0.2, 0.25) is 0 Å². The molecule has 1 unspecified atom stereocenters. The Morgan fingerprint density at radius 3 is 2.52 bits per heavy atom. The van der Waals surface area contributed by atoms with Gasteiger partial charge in [-0.25, -0.2) is 4.79 Å². The summed E-state index contributed by atoms with van der Waals surface area (Å²) in [6.45, 7) is 5.34. The number of imide groups is 1. The predicted molar refractivity (Wildman–Crippen MR) is 107 cm³/mol. The maximum absolute atomic E-state index is 12.9. The number of carbonyl (C=O) groups is 3. The van der Waals surface area contributed by atoms with E-state index in [4.69, 9.17) is 4.42 Å². The van der Waals surface area contributed by atoms with Gasteiger partial charge in [-0.1, -0.05) is 32.0 Å². The van der Waals surface area contributed by atoms with Gasteiger partial charge in [-0.3, -0.25) is 14.5 Å². The highest BCUT2D eigenvalue weighted by Gasteiger charge is 2.51. The van der Waals surface area contributed by atoms with Crippen LogP contribution in [0.4, 0.5) is 10.5 Å². The average molecular weight is 393 g/mol. The van der Waals surface area contributed by atoms with Gasteiger partial charge in [0.2, 0.25) is 0 Å². The molecule has 2 aromatic rings. The highest BCUT2D eigenvalue weighted by molar-refractivity contribution is 6.10. The molecule has 1 saturated heterocycles. The number of amides is 3. The first-order chi connectivity index (χ1) is 13.7. The van der Waals surface area contributed by atoms with E-state index in [2.05, 4.69) is 19.2 Å². The van der Waals surface area contributed by atoms with E-state index in [1.54, 1.807) is 19.1 Å². The Morgan fingerprint density at radius 1 is 1.14 bits per heavy atom. The van der Waals surface area contributed by atoms with Crippen molar-refractivity contribution < 1.29 is 18.8 Å². The second-order valence-corrected chi connectivity index (χ2v) is 8.12. The number of hydrogen-bond acceptors (Lipinski definition) is 5. The van der Waals surface area contributed by atoms with Crippen molar-refractivity contribution in [2.24, 2.45) is 0 Å². The molecule has 29 heavy (non-hydrogen) atoms. The Hall–Kier alpha value is -3.35. The number of carbonyl (C=O) groups excluding carboxylic acids is 3. The van der Waals surface area contributed by atoms with E-state index in [-0.39, 0.29) is 17.7 Å². The summed E-state index contributed by atoms with van der Waals surface area (Å²) >= 11 is 0. The summed E-state index contributed by atoms with van der Waals surface area (Å²) in [6, 6.07) is 10.6. The fourth-order valence-electron chi connectivity index (χ4n) is 4.18. The number of fused-ring (bicyclic) bond motifs is 1. The molecule has 3 amide bonds. The third kappa shape index (κ3) is 2.76. The SMILES string of the molecule is CN1/C(=C\C(=O)CN2C(=O)NC(C)(c3ccco3)C2=O)C(C)(C)c2ccccc21. The van der Waals surface area contributed by atoms with Crippen LogP contribution in [-0.2, 0) is 20.5 Å². The number of ketones is 1. The number of hydrogen-bond donors (Lipinski definition) is 1. The van der Waals surface area contributed by atoms with Gasteiger partial charge in [-0.15, -0.1) is 0 Å². The molecule has 4 rings (SSSR count). The van der Waals surface area contributed by atoms with E-state index >= 15 is 0 Å². The minimum absolute atomic E-state index is 0.320. The van der Waals surface area contributed by atoms with Crippen molar-refractivity contribution in [3.05, 3.63) is 65.8 Å². The number of urea groups is 1. The van der Waals surface area contributed by atoms with Crippen molar-refractivity contribution in [3.8, 4) is 0 Å². The van der Waals surface area contributed by atoms with E-state index in [0.717, 1.165) is 21.8 Å². The molecule has 1 aromatic carbocycles. The smallest absolute Gasteiger partial charge is 0.325 e. The Labute approximate surface area is 169 Å². The van der Waals surface area contributed by atoms with Crippen molar-refractivity contribution in [2.45, 2.75) is 31.7 Å². The molecule has 7 nitrogen and oxygen atoms in total. The molecule has 3 heterocycles. The van der Waals surface area contributed by atoms with Gasteiger partial charge >= 0.3 is 6.03 Å². The van der Waals surface area contributed by atoms with Gasteiger partial charge in [-0.2, -0.15) is 0 Å². The number of allylic oxidation sites excluding steroid dienone is 1. The molecule has 0 aliphatic carbocycles. The fourth-order valence-corrected chi connectivity index (χ4v) is 4.18. The van der Waals surface area contributed by atoms with E-state index in [1.807, 2.05) is 36.2 Å². The molecule has 1 fully saturated rings. The first-order valence-corrected chi connectivity index (χ1v) is 9.42. The molecule has 1 N–H and O–H groups in total. The lowest BCUT2D eigenvalue weighted by Crippen LogP contribution is -2.41. The van der Waals surface area contributed by atoms with Crippen LogP contribution < -0.4 is 10.2 Å². The van der Waals surface area contributed by atoms with Crippen LogP contribution in [0.25, 0.3) is 0 Å². The Kier molecular flexibility index (Phi) is 4.15. The number of likely N-dealkylation sites (N-methyl/N-ethyl adjacent to an activating group) is 1. The first kappa shape index (κ1) is 19.0. The number of nitrogens with zero attached hydrogens (tertiary/aromatic N) is 2. The number of nitrogens with one attached hydrogen (secondary N) is 1. The number of benzene rings is 1. The largest absolute Gasteiger partial charge is 0.466 e. The lowest BCUT2D eigenvalue weighted by atomic mass is 9.83. The second kappa shape index (κ2) is 6.34. The second-order valence-electron chi connectivity index (χ2n) is 8.12. The van der Waals surface area contributed by atoms with Crippen molar-refractivity contribution in [2.75, 3.05) is 18.5 Å². The normalized spacial score (nSPS) is 24.2. The molecular formula is C22H23N3O4. The van der Waals surface area contributed by atoms with Gasteiger partial charge < -0.3 is 14.6 Å². The predicted octanol–water partition coefficient (Wildman–Crippen LogP) is 2.93. The summed E-state index contributed by atoms with van der Waals surface area (Å²) in [4.78, 5) is 41.0. The number of anilines is 1. The molecule has 0 saturated carbocycles. The monoisotopic (exact) mass is 393 g/mol. The van der Waals surface area contributed by atoms with Crippen LogP contribution in [0.5, 0.6) is 0 Å². The zero-order chi connectivity index (χ0) is 21.0. The van der Waals surface area contributed by atoms with E-state index in [0.29, 0.717) is 5.76 Å². The summed E-state index contributed by atoms with van der Waals surface area (Å²) in [5.74, 6) is -0.497. The summed E-state index contributed by atoms with van der Waals surface area (Å²) in [5.41, 5.74) is 1.32. The quantitative estimate of drug-likeness (QED) is 0.638. The maximum Gasteiger partial charge on any atom is 0.325 e. The Morgan fingerprint density at radius 2 is 1.86 bits per heavy atom. The molecule has 0 spiro atoms. The van der Waals surface area contributed by atoms with Gasteiger partial charge in [0.1, 0.15) is 5.76 Å². The van der Waals surface area contributed by atoms with Crippen LogP contribution >= 0.6 is 0 Å². The highest BCUT2D eigenvalue weighted by atomic mass is 16.3. The molecule has 2 aliphatic heterocycles. The minimum atomic E-state index is -1.31. The highest BCUT2D eigenvalue weighted by Crippen LogP contribution is 2.46. The summed E-state index contributed by atoms with van der Waals surface area (Å²) < 4.78 is 5.31. The van der Waals surface area contributed by atoms with Crippen LogP contribution in [0.15, 0.2) is 58.9 Å². The van der Waals surface area contributed by atoms with Gasteiger partial charge in [0.25, 0.3) is 5.91 Å². The summed E-state index contributed by atoms with van der Waals surface area (Å²) in [5, 5.41) is 2.63. The molecule has 1 aromatic heterocycles. The summed E-state index contributed by atoms with van der Waals surface area (Å²) in [6.07, 6.45) is 2.97. The Bertz CT molecular complexity index is 1040. The van der Waals surface area contributed by atoms with Crippen LogP contribution in [0, 0.1) is 0 Å².